The van der Waals surface area contributed by atoms with Crippen molar-refractivity contribution in [3.05, 3.63) is 35.3 Å². The highest BCUT2D eigenvalue weighted by atomic mass is 16.5. The van der Waals surface area contributed by atoms with E-state index in [9.17, 15) is 0 Å². The maximum absolute atomic E-state index is 5.94. The molecule has 1 saturated heterocycles. The highest BCUT2D eigenvalue weighted by Crippen LogP contribution is 2.38. The molecule has 2 aliphatic rings. The van der Waals surface area contributed by atoms with Crippen LogP contribution < -0.4 is 9.64 Å². The van der Waals surface area contributed by atoms with Gasteiger partial charge in [-0.3, -0.25) is 4.68 Å². The van der Waals surface area contributed by atoms with Crippen molar-refractivity contribution >= 4 is 5.82 Å². The first-order valence-corrected chi connectivity index (χ1v) is 8.99. The van der Waals surface area contributed by atoms with Crippen molar-refractivity contribution in [2.24, 2.45) is 13.0 Å². The van der Waals surface area contributed by atoms with Crippen molar-refractivity contribution < 1.29 is 4.74 Å². The third kappa shape index (κ3) is 2.87. The van der Waals surface area contributed by atoms with Gasteiger partial charge in [0.05, 0.1) is 18.3 Å². The molecule has 5 nitrogen and oxygen atoms in total. The molecule has 5 heteroatoms. The predicted molar refractivity (Wildman–Crippen MR) is 94.5 cm³/mol. The number of anilines is 1. The summed E-state index contributed by atoms with van der Waals surface area (Å²) in [6.45, 7) is 6.15. The third-order valence-electron chi connectivity index (χ3n) is 5.34. The second kappa shape index (κ2) is 6.11. The van der Waals surface area contributed by atoms with Crippen LogP contribution in [0, 0.1) is 19.8 Å². The highest BCUT2D eigenvalue weighted by molar-refractivity contribution is 5.48. The molecule has 3 heterocycles. The fourth-order valence-electron chi connectivity index (χ4n) is 3.76. The van der Waals surface area contributed by atoms with E-state index in [0.717, 1.165) is 42.8 Å². The highest BCUT2D eigenvalue weighted by Gasteiger charge is 2.31. The monoisotopic (exact) mass is 326 g/mol. The van der Waals surface area contributed by atoms with E-state index in [1.54, 1.807) is 0 Å². The first-order valence-electron chi connectivity index (χ1n) is 8.99. The summed E-state index contributed by atoms with van der Waals surface area (Å²) in [5.74, 6) is 2.73. The van der Waals surface area contributed by atoms with Crippen molar-refractivity contribution in [1.29, 1.82) is 0 Å². The number of hydrogen-bond donors (Lipinski definition) is 0. The van der Waals surface area contributed by atoms with E-state index < -0.39 is 0 Å². The van der Waals surface area contributed by atoms with Crippen molar-refractivity contribution in [2.45, 2.75) is 45.6 Å². The van der Waals surface area contributed by atoms with E-state index in [-0.39, 0.29) is 0 Å². The molecule has 24 heavy (non-hydrogen) atoms. The van der Waals surface area contributed by atoms with Gasteiger partial charge in [0, 0.05) is 37.1 Å². The van der Waals surface area contributed by atoms with Crippen LogP contribution in [0.15, 0.2) is 18.3 Å². The zero-order valence-corrected chi connectivity index (χ0v) is 14.8. The molecule has 1 unspecified atom stereocenters. The Morgan fingerprint density at radius 2 is 2.08 bits per heavy atom. The van der Waals surface area contributed by atoms with Gasteiger partial charge in [0.15, 0.2) is 0 Å². The van der Waals surface area contributed by atoms with Crippen LogP contribution in [0.5, 0.6) is 5.75 Å². The van der Waals surface area contributed by atoms with Gasteiger partial charge in [0.25, 0.3) is 0 Å². The fraction of sp³-hybridized carbons (Fsp3) is 0.579. The fourth-order valence-corrected chi connectivity index (χ4v) is 3.76. The Morgan fingerprint density at radius 1 is 1.25 bits per heavy atom. The largest absolute Gasteiger partial charge is 0.493 e. The lowest BCUT2D eigenvalue weighted by atomic mass is 10.0. The molecule has 0 aromatic carbocycles. The molecule has 2 aromatic rings. The summed E-state index contributed by atoms with van der Waals surface area (Å²) < 4.78 is 7.93. The number of aryl methyl sites for hydroxylation is 2. The van der Waals surface area contributed by atoms with Crippen LogP contribution >= 0.6 is 0 Å². The van der Waals surface area contributed by atoms with Gasteiger partial charge in [-0.2, -0.15) is 5.10 Å². The molecule has 1 aliphatic heterocycles. The average molecular weight is 326 g/mol. The van der Waals surface area contributed by atoms with Crippen LogP contribution in [0.25, 0.3) is 0 Å². The Kier molecular flexibility index (Phi) is 3.94. The minimum absolute atomic E-state index is 0.366. The van der Waals surface area contributed by atoms with Crippen molar-refractivity contribution in [1.82, 2.24) is 14.8 Å². The predicted octanol–water partition coefficient (Wildman–Crippen LogP) is 3.56. The lowest BCUT2D eigenvalue weighted by Gasteiger charge is -2.26. The molecule has 1 aliphatic carbocycles. The molecule has 2 aromatic heterocycles. The van der Waals surface area contributed by atoms with Crippen molar-refractivity contribution in [3.63, 3.8) is 0 Å². The van der Waals surface area contributed by atoms with Crippen LogP contribution in [-0.4, -0.2) is 27.9 Å². The lowest BCUT2D eigenvalue weighted by Crippen LogP contribution is -2.24. The molecule has 2 fully saturated rings. The SMILES string of the molecule is Cc1nn(C)c(C)c1C1CCCN1c1cc(OCC2CC2)ccn1. The van der Waals surface area contributed by atoms with E-state index in [1.165, 1.54) is 30.5 Å². The summed E-state index contributed by atoms with van der Waals surface area (Å²) in [6, 6.07) is 4.43. The maximum Gasteiger partial charge on any atom is 0.132 e. The Bertz CT molecular complexity index is 735. The molecule has 1 atom stereocenters. The second-order valence-electron chi connectivity index (χ2n) is 7.16. The maximum atomic E-state index is 5.94. The van der Waals surface area contributed by atoms with E-state index in [0.29, 0.717) is 6.04 Å². The summed E-state index contributed by atoms with van der Waals surface area (Å²) in [4.78, 5) is 7.04. The molecule has 128 valence electrons. The number of hydrogen-bond acceptors (Lipinski definition) is 4. The van der Waals surface area contributed by atoms with Gasteiger partial charge in [-0.05, 0) is 51.5 Å². The van der Waals surface area contributed by atoms with Crippen LogP contribution in [-0.2, 0) is 7.05 Å². The standard InChI is InChI=1S/C19H26N4O/c1-13-19(14(2)22(3)21-13)17-5-4-10-23(17)18-11-16(8-9-20-18)24-12-15-6-7-15/h8-9,11,15,17H,4-7,10,12H2,1-3H3. The first-order chi connectivity index (χ1) is 11.6. The molecule has 1 saturated carbocycles. The first kappa shape index (κ1) is 15.5. The third-order valence-corrected chi connectivity index (χ3v) is 5.34. The van der Waals surface area contributed by atoms with Gasteiger partial charge in [-0.1, -0.05) is 0 Å². The molecule has 0 N–H and O–H groups in total. The van der Waals surface area contributed by atoms with Gasteiger partial charge >= 0.3 is 0 Å². The number of rotatable bonds is 5. The molecular formula is C19H26N4O. The average Bonchev–Trinajstić information content (AvgIpc) is 3.22. The molecule has 0 amide bonds. The van der Waals surface area contributed by atoms with Crippen LogP contribution in [0.1, 0.15) is 48.7 Å². The van der Waals surface area contributed by atoms with E-state index >= 15 is 0 Å². The number of aromatic nitrogens is 3. The minimum Gasteiger partial charge on any atom is -0.493 e. The van der Waals surface area contributed by atoms with Crippen LogP contribution in [0.4, 0.5) is 5.82 Å². The Hall–Kier alpha value is -2.04. The Labute approximate surface area is 143 Å². The van der Waals surface area contributed by atoms with Crippen molar-refractivity contribution in [3.8, 4) is 5.75 Å². The molecular weight excluding hydrogens is 300 g/mol. The second-order valence-corrected chi connectivity index (χ2v) is 7.16. The number of nitrogens with zero attached hydrogens (tertiary/aromatic N) is 4. The van der Waals surface area contributed by atoms with Crippen LogP contribution in [0.2, 0.25) is 0 Å². The van der Waals surface area contributed by atoms with E-state index in [2.05, 4.69) is 34.9 Å². The van der Waals surface area contributed by atoms with Crippen LogP contribution in [0.3, 0.4) is 0 Å². The number of pyridine rings is 1. The summed E-state index contributed by atoms with van der Waals surface area (Å²) in [7, 11) is 2.02. The van der Waals surface area contributed by atoms with Gasteiger partial charge in [0.2, 0.25) is 0 Å². The quantitative estimate of drug-likeness (QED) is 0.842. The Morgan fingerprint density at radius 3 is 2.79 bits per heavy atom. The lowest BCUT2D eigenvalue weighted by molar-refractivity contribution is 0.299. The summed E-state index contributed by atoms with van der Waals surface area (Å²) in [5.41, 5.74) is 3.75. The normalized spacial score (nSPS) is 20.6. The van der Waals surface area contributed by atoms with Crippen molar-refractivity contribution in [2.75, 3.05) is 18.1 Å². The molecule has 0 bridgehead atoms. The zero-order chi connectivity index (χ0) is 16.7. The minimum atomic E-state index is 0.366. The van der Waals surface area contributed by atoms with Gasteiger partial charge in [-0.15, -0.1) is 0 Å². The van der Waals surface area contributed by atoms with Gasteiger partial charge in [-0.25, -0.2) is 4.98 Å². The Balaban J connectivity index is 1.59. The molecule has 0 radical (unpaired) electrons. The van der Waals surface area contributed by atoms with E-state index in [4.69, 9.17) is 4.74 Å². The summed E-state index contributed by atoms with van der Waals surface area (Å²) in [6.07, 6.45) is 6.84. The number of ether oxygens (including phenoxy) is 1. The smallest absolute Gasteiger partial charge is 0.132 e. The van der Waals surface area contributed by atoms with E-state index in [1.807, 2.05) is 24.0 Å². The molecule has 0 spiro atoms. The summed E-state index contributed by atoms with van der Waals surface area (Å²) >= 11 is 0. The topological polar surface area (TPSA) is 43.2 Å². The summed E-state index contributed by atoms with van der Waals surface area (Å²) in [5, 5.41) is 4.60. The molecule has 4 rings (SSSR count). The zero-order valence-electron chi connectivity index (χ0n) is 14.8. The van der Waals surface area contributed by atoms with Gasteiger partial charge in [0.1, 0.15) is 11.6 Å². The van der Waals surface area contributed by atoms with Gasteiger partial charge < -0.3 is 9.64 Å².